The van der Waals surface area contributed by atoms with Gasteiger partial charge in [0.25, 0.3) is 0 Å². The molecule has 1 rings (SSSR count). The molecule has 0 radical (unpaired) electrons. The third-order valence-corrected chi connectivity index (χ3v) is 4.33. The van der Waals surface area contributed by atoms with E-state index in [0.717, 1.165) is 17.1 Å². The first-order valence-corrected chi connectivity index (χ1v) is 6.89. The molecule has 1 amide bonds. The molecule has 15 heavy (non-hydrogen) atoms. The number of hydrogen-bond donors (Lipinski definition) is 1. The maximum atomic E-state index is 11.4. The average Bonchev–Trinajstić information content (AvgIpc) is 2.87. The molecule has 0 spiro atoms. The number of likely N-dealkylation sites (N-methyl/N-ethyl adjacent to an activating group) is 1. The number of carbonyl (C=O) groups excluding carboxylic acids is 1. The van der Waals surface area contributed by atoms with Gasteiger partial charge in [0.15, 0.2) is 0 Å². The largest absolute Gasteiger partial charge is 0.352 e. The molecule has 0 aliphatic heterocycles. The number of nitrogens with one attached hydrogen (secondary N) is 1. The quantitative estimate of drug-likeness (QED) is 0.666. The minimum atomic E-state index is -3.38. The lowest BCUT2D eigenvalue weighted by atomic mass is 10.5. The summed E-state index contributed by atoms with van der Waals surface area (Å²) in [6.45, 7) is -0.129. The molecule has 1 saturated carbocycles. The Hall–Kier alpha value is -0.330. The summed E-state index contributed by atoms with van der Waals surface area (Å²) >= 11 is 5.35. The van der Waals surface area contributed by atoms with Gasteiger partial charge in [0, 0.05) is 19.0 Å². The summed E-state index contributed by atoms with van der Waals surface area (Å²) < 4.78 is 23.9. The van der Waals surface area contributed by atoms with Gasteiger partial charge < -0.3 is 5.32 Å². The molecule has 0 saturated heterocycles. The normalized spacial score (nSPS) is 16.7. The summed E-state index contributed by atoms with van der Waals surface area (Å²) in [5.41, 5.74) is 0. The highest BCUT2D eigenvalue weighted by Gasteiger charge is 2.25. The molecule has 7 heteroatoms. The van der Waals surface area contributed by atoms with Crippen molar-refractivity contribution >= 4 is 27.5 Å². The first-order chi connectivity index (χ1) is 6.95. The highest BCUT2D eigenvalue weighted by Crippen LogP contribution is 2.18. The third kappa shape index (κ3) is 4.36. The van der Waals surface area contributed by atoms with E-state index in [9.17, 15) is 13.2 Å². The van der Waals surface area contributed by atoms with Crippen molar-refractivity contribution in [3.05, 3.63) is 0 Å². The van der Waals surface area contributed by atoms with Crippen molar-refractivity contribution in [1.82, 2.24) is 9.62 Å². The van der Waals surface area contributed by atoms with E-state index in [-0.39, 0.29) is 30.1 Å². The number of hydrogen-bond acceptors (Lipinski definition) is 3. The molecule has 0 atom stereocenters. The Bertz CT molecular complexity index is 327. The zero-order valence-corrected chi connectivity index (χ0v) is 10.1. The number of carbonyl (C=O) groups is 1. The number of amides is 1. The fourth-order valence-electron chi connectivity index (χ4n) is 1.05. The predicted octanol–water partition coefficient (Wildman–Crippen LogP) is -0.235. The summed E-state index contributed by atoms with van der Waals surface area (Å²) in [4.78, 5) is 11.3. The predicted molar refractivity (Wildman–Crippen MR) is 58.3 cm³/mol. The Kier molecular flexibility index (Phi) is 4.36. The van der Waals surface area contributed by atoms with E-state index in [4.69, 9.17) is 11.6 Å². The van der Waals surface area contributed by atoms with Gasteiger partial charge in [-0.05, 0) is 12.8 Å². The monoisotopic (exact) mass is 254 g/mol. The molecule has 0 aromatic carbocycles. The Morgan fingerprint density at radius 1 is 1.53 bits per heavy atom. The van der Waals surface area contributed by atoms with Gasteiger partial charge in [0.2, 0.25) is 15.9 Å². The molecule has 88 valence electrons. The third-order valence-electron chi connectivity index (χ3n) is 2.12. The Morgan fingerprint density at radius 2 is 2.13 bits per heavy atom. The van der Waals surface area contributed by atoms with Gasteiger partial charge in [-0.25, -0.2) is 8.42 Å². The van der Waals surface area contributed by atoms with Crippen molar-refractivity contribution < 1.29 is 13.2 Å². The van der Waals surface area contributed by atoms with Crippen LogP contribution in [0.2, 0.25) is 0 Å². The first-order valence-electron chi connectivity index (χ1n) is 4.75. The van der Waals surface area contributed by atoms with Crippen LogP contribution in [0.15, 0.2) is 0 Å². The van der Waals surface area contributed by atoms with Crippen molar-refractivity contribution in [2.75, 3.05) is 25.2 Å². The molecule has 0 heterocycles. The van der Waals surface area contributed by atoms with Crippen LogP contribution in [0.3, 0.4) is 0 Å². The van der Waals surface area contributed by atoms with E-state index in [0.29, 0.717) is 0 Å². The number of alkyl halides is 1. The maximum absolute atomic E-state index is 11.4. The zero-order chi connectivity index (χ0) is 11.5. The number of rotatable bonds is 6. The van der Waals surface area contributed by atoms with Crippen LogP contribution < -0.4 is 5.32 Å². The Morgan fingerprint density at radius 3 is 2.60 bits per heavy atom. The van der Waals surface area contributed by atoms with Crippen molar-refractivity contribution in [2.24, 2.45) is 0 Å². The topological polar surface area (TPSA) is 66.5 Å². The fraction of sp³-hybridized carbons (Fsp3) is 0.875. The Labute approximate surface area is 94.8 Å². The highest BCUT2D eigenvalue weighted by atomic mass is 35.5. The van der Waals surface area contributed by atoms with Crippen LogP contribution in [-0.2, 0) is 14.8 Å². The van der Waals surface area contributed by atoms with E-state index in [1.54, 1.807) is 0 Å². The lowest BCUT2D eigenvalue weighted by molar-refractivity contribution is -0.121. The van der Waals surface area contributed by atoms with Crippen LogP contribution in [0.5, 0.6) is 0 Å². The average molecular weight is 255 g/mol. The second-order valence-electron chi connectivity index (χ2n) is 3.60. The van der Waals surface area contributed by atoms with E-state index in [1.165, 1.54) is 7.05 Å². The molecule has 1 fully saturated rings. The van der Waals surface area contributed by atoms with Crippen LogP contribution in [0.4, 0.5) is 0 Å². The second-order valence-corrected chi connectivity index (χ2v) is 6.18. The summed E-state index contributed by atoms with van der Waals surface area (Å²) in [6.07, 6.45) is 1.98. The molecule has 1 N–H and O–H groups in total. The summed E-state index contributed by atoms with van der Waals surface area (Å²) in [5.74, 6) is -0.350. The molecule has 1 aliphatic rings. The summed E-state index contributed by atoms with van der Waals surface area (Å²) in [5, 5.41) is 2.72. The standard InChI is InChI=1S/C8H15ClN2O3S/c1-11(15(13,14)5-4-9)6-8(12)10-7-2-3-7/h7H,2-6H2,1H3,(H,10,12). The summed E-state index contributed by atoms with van der Waals surface area (Å²) in [6, 6.07) is 0.252. The lowest BCUT2D eigenvalue weighted by Crippen LogP contribution is -2.40. The van der Waals surface area contributed by atoms with Crippen molar-refractivity contribution in [3.63, 3.8) is 0 Å². The fourth-order valence-corrected chi connectivity index (χ4v) is 2.46. The molecule has 0 unspecified atom stereocenters. The van der Waals surface area contributed by atoms with Gasteiger partial charge in [-0.3, -0.25) is 4.79 Å². The molecular weight excluding hydrogens is 240 g/mol. The SMILES string of the molecule is CN(CC(=O)NC1CC1)S(=O)(=O)CCCl. The molecule has 5 nitrogen and oxygen atoms in total. The smallest absolute Gasteiger partial charge is 0.235 e. The molecule has 0 aromatic heterocycles. The minimum Gasteiger partial charge on any atom is -0.352 e. The van der Waals surface area contributed by atoms with Crippen LogP contribution in [0.1, 0.15) is 12.8 Å². The van der Waals surface area contributed by atoms with Crippen molar-refractivity contribution in [3.8, 4) is 0 Å². The van der Waals surface area contributed by atoms with Crippen LogP contribution >= 0.6 is 11.6 Å². The lowest BCUT2D eigenvalue weighted by Gasteiger charge is -2.15. The first kappa shape index (κ1) is 12.7. The Balaban J connectivity index is 2.38. The zero-order valence-electron chi connectivity index (χ0n) is 8.57. The van der Waals surface area contributed by atoms with Gasteiger partial charge in [-0.1, -0.05) is 0 Å². The van der Waals surface area contributed by atoms with E-state index < -0.39 is 10.0 Å². The van der Waals surface area contributed by atoms with E-state index in [2.05, 4.69) is 5.32 Å². The van der Waals surface area contributed by atoms with Crippen LogP contribution in [-0.4, -0.2) is 49.9 Å². The minimum absolute atomic E-state index is 0.0386. The van der Waals surface area contributed by atoms with Gasteiger partial charge in [0.05, 0.1) is 12.3 Å². The summed E-state index contributed by atoms with van der Waals surface area (Å²) in [7, 11) is -2.00. The maximum Gasteiger partial charge on any atom is 0.235 e. The van der Waals surface area contributed by atoms with Crippen LogP contribution in [0, 0.1) is 0 Å². The van der Waals surface area contributed by atoms with E-state index in [1.807, 2.05) is 0 Å². The van der Waals surface area contributed by atoms with Crippen LogP contribution in [0.25, 0.3) is 0 Å². The van der Waals surface area contributed by atoms with Crippen molar-refractivity contribution in [1.29, 1.82) is 0 Å². The molecule has 0 aromatic rings. The van der Waals surface area contributed by atoms with E-state index >= 15 is 0 Å². The molecular formula is C8H15ClN2O3S. The second kappa shape index (κ2) is 5.14. The molecule has 0 bridgehead atoms. The molecule has 1 aliphatic carbocycles. The van der Waals surface area contributed by atoms with Crippen molar-refractivity contribution in [2.45, 2.75) is 18.9 Å². The van der Waals surface area contributed by atoms with Gasteiger partial charge in [0.1, 0.15) is 0 Å². The number of halogens is 1. The van der Waals surface area contributed by atoms with Gasteiger partial charge >= 0.3 is 0 Å². The van der Waals surface area contributed by atoms with Gasteiger partial charge in [-0.2, -0.15) is 4.31 Å². The highest BCUT2D eigenvalue weighted by molar-refractivity contribution is 7.89. The van der Waals surface area contributed by atoms with Gasteiger partial charge in [-0.15, -0.1) is 11.6 Å². The number of nitrogens with zero attached hydrogens (tertiary/aromatic N) is 1. The number of sulfonamides is 1.